The lowest BCUT2D eigenvalue weighted by atomic mass is 10.1. The predicted octanol–water partition coefficient (Wildman–Crippen LogP) is 2.42. The molecule has 0 saturated heterocycles. The number of ether oxygens (including phenoxy) is 1. The molecule has 1 rings (SSSR count). The van der Waals surface area contributed by atoms with Crippen molar-refractivity contribution in [3.63, 3.8) is 0 Å². The molecule has 0 aliphatic heterocycles. The molecule has 62 valence electrons. The third-order valence-electron chi connectivity index (χ3n) is 1.80. The Kier molecular flexibility index (Phi) is 2.71. The van der Waals surface area contributed by atoms with Crippen molar-refractivity contribution in [2.45, 2.75) is 13.5 Å². The van der Waals surface area contributed by atoms with Crippen LogP contribution in [0.2, 0.25) is 0 Å². The van der Waals surface area contributed by atoms with Crippen molar-refractivity contribution in [2.75, 3.05) is 7.11 Å². The van der Waals surface area contributed by atoms with Crippen LogP contribution in [0.3, 0.4) is 0 Å². The predicted molar refractivity (Wildman–Crippen MR) is 48.0 cm³/mol. The maximum atomic E-state index is 6.73. The molecule has 1 aromatic carbocycles. The van der Waals surface area contributed by atoms with E-state index in [1.807, 2.05) is 25.1 Å². The molecule has 2 nitrogen and oxygen atoms in total. The van der Waals surface area contributed by atoms with Crippen LogP contribution in [0.4, 0.5) is 0 Å². The van der Waals surface area contributed by atoms with E-state index in [1.54, 1.807) is 7.11 Å². The van der Waals surface area contributed by atoms with Gasteiger partial charge in [0.1, 0.15) is 5.75 Å². The van der Waals surface area contributed by atoms with Crippen molar-refractivity contribution in [1.82, 2.24) is 0 Å². The van der Waals surface area contributed by atoms with Gasteiger partial charge in [0, 0.05) is 5.56 Å². The highest BCUT2D eigenvalue weighted by Crippen LogP contribution is 2.17. The first kappa shape index (κ1) is 8.61. The van der Waals surface area contributed by atoms with Crippen molar-refractivity contribution in [1.29, 1.82) is 0 Å². The van der Waals surface area contributed by atoms with E-state index in [0.717, 1.165) is 16.9 Å². The average molecular weight is 161 g/mol. The topological polar surface area (TPSA) is 13.6 Å². The Balaban J connectivity index is 2.97. The summed E-state index contributed by atoms with van der Waals surface area (Å²) in [6, 6.07) is 5.76. The monoisotopic (exact) mass is 161 g/mol. The number of benzene rings is 1. The highest BCUT2D eigenvalue weighted by atomic mass is 16.5. The highest BCUT2D eigenvalue weighted by molar-refractivity contribution is 5.35. The Bertz CT molecular complexity index is 312. The summed E-state index contributed by atoms with van der Waals surface area (Å²) in [5.74, 6) is 0.848. The molecule has 0 unspecified atom stereocenters. The zero-order valence-electron chi connectivity index (χ0n) is 7.29. The SMILES string of the molecule is [C-]#[N+]Cc1ccc(OC)cc1C. The molecule has 0 fully saturated rings. The molecular weight excluding hydrogens is 150 g/mol. The number of hydrogen-bond donors (Lipinski definition) is 0. The van der Waals surface area contributed by atoms with Gasteiger partial charge in [0.2, 0.25) is 6.54 Å². The number of methoxy groups -OCH3 is 1. The first-order valence-electron chi connectivity index (χ1n) is 3.74. The summed E-state index contributed by atoms with van der Waals surface area (Å²) in [5.41, 5.74) is 2.19. The minimum atomic E-state index is 0.454. The summed E-state index contributed by atoms with van der Waals surface area (Å²) in [5, 5.41) is 0. The lowest BCUT2D eigenvalue weighted by Gasteiger charge is -2.02. The molecule has 0 bridgehead atoms. The zero-order valence-corrected chi connectivity index (χ0v) is 7.29. The van der Waals surface area contributed by atoms with Gasteiger partial charge in [-0.05, 0) is 30.7 Å². The Labute approximate surface area is 72.6 Å². The first-order valence-corrected chi connectivity index (χ1v) is 3.74. The van der Waals surface area contributed by atoms with Crippen molar-refractivity contribution in [3.05, 3.63) is 40.7 Å². The minimum Gasteiger partial charge on any atom is -0.497 e. The van der Waals surface area contributed by atoms with Gasteiger partial charge in [0.15, 0.2) is 0 Å². The molecule has 0 spiro atoms. The van der Waals surface area contributed by atoms with Gasteiger partial charge < -0.3 is 9.58 Å². The van der Waals surface area contributed by atoms with Gasteiger partial charge in [-0.2, -0.15) is 0 Å². The summed E-state index contributed by atoms with van der Waals surface area (Å²) in [6.45, 7) is 9.17. The number of aryl methyl sites for hydroxylation is 1. The molecule has 0 aromatic heterocycles. The Morgan fingerprint density at radius 2 is 2.25 bits per heavy atom. The molecule has 0 aliphatic rings. The van der Waals surface area contributed by atoms with E-state index in [0.29, 0.717) is 6.54 Å². The highest BCUT2D eigenvalue weighted by Gasteiger charge is 2.01. The average Bonchev–Trinajstić information content (AvgIpc) is 2.09. The molecule has 0 atom stereocenters. The second kappa shape index (κ2) is 3.77. The van der Waals surface area contributed by atoms with Gasteiger partial charge in [0.25, 0.3) is 0 Å². The molecule has 0 amide bonds. The van der Waals surface area contributed by atoms with Gasteiger partial charge in [0.05, 0.1) is 7.11 Å². The van der Waals surface area contributed by atoms with Crippen molar-refractivity contribution >= 4 is 0 Å². The number of nitrogens with zero attached hydrogens (tertiary/aromatic N) is 1. The molecule has 0 saturated carbocycles. The van der Waals surface area contributed by atoms with Crippen LogP contribution in [0.25, 0.3) is 4.85 Å². The lowest BCUT2D eigenvalue weighted by molar-refractivity contribution is 0.414. The molecule has 0 N–H and O–H groups in total. The summed E-state index contributed by atoms with van der Waals surface area (Å²) in [6.07, 6.45) is 0. The minimum absolute atomic E-state index is 0.454. The van der Waals surface area contributed by atoms with Crippen LogP contribution in [0.1, 0.15) is 11.1 Å². The van der Waals surface area contributed by atoms with Crippen LogP contribution < -0.4 is 4.74 Å². The fraction of sp³-hybridized carbons (Fsp3) is 0.300. The summed E-state index contributed by atoms with van der Waals surface area (Å²) in [4.78, 5) is 3.33. The number of rotatable bonds is 2. The van der Waals surface area contributed by atoms with Crippen LogP contribution >= 0.6 is 0 Å². The maximum absolute atomic E-state index is 6.73. The van der Waals surface area contributed by atoms with E-state index >= 15 is 0 Å². The van der Waals surface area contributed by atoms with E-state index in [1.165, 1.54) is 0 Å². The van der Waals surface area contributed by atoms with Gasteiger partial charge in [-0.15, -0.1) is 0 Å². The third-order valence-corrected chi connectivity index (χ3v) is 1.80. The summed E-state index contributed by atoms with van der Waals surface area (Å²) in [7, 11) is 1.64. The summed E-state index contributed by atoms with van der Waals surface area (Å²) >= 11 is 0. The van der Waals surface area contributed by atoms with Crippen LogP contribution in [-0.4, -0.2) is 7.11 Å². The van der Waals surface area contributed by atoms with E-state index in [9.17, 15) is 0 Å². The fourth-order valence-electron chi connectivity index (χ4n) is 1.06. The normalized spacial score (nSPS) is 9.08. The zero-order chi connectivity index (χ0) is 8.97. The fourth-order valence-corrected chi connectivity index (χ4v) is 1.06. The van der Waals surface area contributed by atoms with Crippen LogP contribution in [0.15, 0.2) is 18.2 Å². The largest absolute Gasteiger partial charge is 0.497 e. The lowest BCUT2D eigenvalue weighted by Crippen LogP contribution is -1.88. The second-order valence-electron chi connectivity index (χ2n) is 2.61. The van der Waals surface area contributed by atoms with Crippen LogP contribution in [0, 0.1) is 13.5 Å². The van der Waals surface area contributed by atoms with Crippen LogP contribution in [0.5, 0.6) is 5.75 Å². The molecular formula is C10H11NO. The van der Waals surface area contributed by atoms with E-state index in [4.69, 9.17) is 11.3 Å². The van der Waals surface area contributed by atoms with Gasteiger partial charge in [-0.1, -0.05) is 0 Å². The van der Waals surface area contributed by atoms with Gasteiger partial charge >= 0.3 is 0 Å². The number of hydrogen-bond acceptors (Lipinski definition) is 1. The van der Waals surface area contributed by atoms with Crippen LogP contribution in [-0.2, 0) is 6.54 Å². The molecule has 1 aromatic rings. The standard InChI is InChI=1S/C10H11NO/c1-8-6-10(12-3)5-4-9(8)7-11-2/h4-6H,7H2,1,3H3. The quantitative estimate of drug-likeness (QED) is 0.607. The van der Waals surface area contributed by atoms with Crippen molar-refractivity contribution in [3.8, 4) is 5.75 Å². The Morgan fingerprint density at radius 1 is 1.50 bits per heavy atom. The molecule has 12 heavy (non-hydrogen) atoms. The van der Waals surface area contributed by atoms with Gasteiger partial charge in [-0.25, -0.2) is 6.57 Å². The Hall–Kier alpha value is -1.49. The first-order chi connectivity index (χ1) is 5.77. The van der Waals surface area contributed by atoms with Crippen molar-refractivity contribution in [2.24, 2.45) is 0 Å². The van der Waals surface area contributed by atoms with E-state index in [-0.39, 0.29) is 0 Å². The second-order valence-corrected chi connectivity index (χ2v) is 2.61. The maximum Gasteiger partial charge on any atom is 0.240 e. The van der Waals surface area contributed by atoms with Crippen molar-refractivity contribution < 1.29 is 4.74 Å². The summed E-state index contributed by atoms with van der Waals surface area (Å²) < 4.78 is 5.05. The van der Waals surface area contributed by atoms with Gasteiger partial charge in [-0.3, -0.25) is 0 Å². The van der Waals surface area contributed by atoms with E-state index in [2.05, 4.69) is 4.85 Å². The molecule has 0 radical (unpaired) electrons. The molecule has 0 aliphatic carbocycles. The Morgan fingerprint density at radius 3 is 2.75 bits per heavy atom. The molecule has 0 heterocycles. The molecule has 2 heteroatoms. The smallest absolute Gasteiger partial charge is 0.240 e. The third kappa shape index (κ3) is 1.76. The van der Waals surface area contributed by atoms with E-state index < -0.39 is 0 Å².